The number of guanidine groups is 1. The van der Waals surface area contributed by atoms with E-state index >= 15 is 0 Å². The highest BCUT2D eigenvalue weighted by Gasteiger charge is 2.28. The van der Waals surface area contributed by atoms with Gasteiger partial charge in [0.2, 0.25) is 17.8 Å². The number of benzene rings is 3. The first-order valence-electron chi connectivity index (χ1n) is 14.9. The summed E-state index contributed by atoms with van der Waals surface area (Å²) in [7, 11) is -3.68. The van der Waals surface area contributed by atoms with Crippen LogP contribution in [0.25, 0.3) is 11.0 Å². The molecule has 1 aliphatic rings. The van der Waals surface area contributed by atoms with Gasteiger partial charge in [-0.05, 0) is 86.7 Å². The molecule has 4 aromatic rings. The highest BCUT2D eigenvalue weighted by Crippen LogP contribution is 2.23. The SMILES string of the molecule is Cc1cc2cc(NC(=NC3CCCCN(CC(=O)NCCc4ccc(NS(=O)(=O)c5ccccc5)cc4)C3=O)NC#N)ccc2o1. The Labute approximate surface area is 267 Å². The molecule has 238 valence electrons. The van der Waals surface area contributed by atoms with Crippen LogP contribution in [-0.2, 0) is 26.0 Å². The number of likely N-dealkylation sites (tertiary alicyclic amines) is 1. The number of furan rings is 1. The van der Waals surface area contributed by atoms with Crippen molar-refractivity contribution in [2.24, 2.45) is 4.99 Å². The Hall–Kier alpha value is -5.35. The van der Waals surface area contributed by atoms with Crippen LogP contribution in [0.1, 0.15) is 30.6 Å². The minimum Gasteiger partial charge on any atom is -0.461 e. The average Bonchev–Trinajstić information content (AvgIpc) is 3.33. The van der Waals surface area contributed by atoms with Gasteiger partial charge >= 0.3 is 0 Å². The molecule has 3 aromatic carbocycles. The third kappa shape index (κ3) is 8.42. The molecule has 13 heteroatoms. The molecule has 12 nitrogen and oxygen atoms in total. The molecule has 2 heterocycles. The quantitative estimate of drug-likeness (QED) is 0.0868. The average molecular weight is 642 g/mol. The Morgan fingerprint density at radius 2 is 1.80 bits per heavy atom. The van der Waals surface area contributed by atoms with E-state index < -0.39 is 16.1 Å². The van der Waals surface area contributed by atoms with Gasteiger partial charge in [0, 0.05) is 29.9 Å². The van der Waals surface area contributed by atoms with Gasteiger partial charge in [-0.2, -0.15) is 5.26 Å². The second-order valence-corrected chi connectivity index (χ2v) is 12.6. The molecule has 0 bridgehead atoms. The molecule has 0 radical (unpaired) electrons. The smallest absolute Gasteiger partial charge is 0.261 e. The molecule has 0 saturated carbocycles. The Morgan fingerprint density at radius 1 is 1.04 bits per heavy atom. The van der Waals surface area contributed by atoms with Crippen molar-refractivity contribution in [2.45, 2.75) is 43.5 Å². The highest BCUT2D eigenvalue weighted by molar-refractivity contribution is 7.92. The minimum atomic E-state index is -3.68. The summed E-state index contributed by atoms with van der Waals surface area (Å²) in [6.07, 6.45) is 4.36. The Bertz CT molecular complexity index is 1870. The van der Waals surface area contributed by atoms with E-state index in [1.807, 2.05) is 31.3 Å². The number of hydrogen-bond donors (Lipinski definition) is 4. The molecule has 2 amide bonds. The Morgan fingerprint density at radius 3 is 2.57 bits per heavy atom. The van der Waals surface area contributed by atoms with Crippen molar-refractivity contribution in [3.05, 3.63) is 90.2 Å². The summed E-state index contributed by atoms with van der Waals surface area (Å²) in [6, 6.07) is 21.7. The lowest BCUT2D eigenvalue weighted by Gasteiger charge is -2.22. The lowest BCUT2D eigenvalue weighted by molar-refractivity contribution is -0.136. The van der Waals surface area contributed by atoms with E-state index in [0.717, 1.165) is 35.1 Å². The fraction of sp³-hybridized carbons (Fsp3) is 0.273. The molecule has 0 aliphatic carbocycles. The lowest BCUT2D eigenvalue weighted by atomic mass is 10.1. The van der Waals surface area contributed by atoms with Gasteiger partial charge in [-0.1, -0.05) is 30.3 Å². The number of sulfonamides is 1. The maximum atomic E-state index is 13.4. The van der Waals surface area contributed by atoms with Gasteiger partial charge in [-0.25, -0.2) is 13.4 Å². The number of amides is 2. The van der Waals surface area contributed by atoms with Crippen molar-refractivity contribution in [3.8, 4) is 6.19 Å². The van der Waals surface area contributed by atoms with Gasteiger partial charge in [-0.15, -0.1) is 0 Å². The summed E-state index contributed by atoms with van der Waals surface area (Å²) in [5.41, 5.74) is 2.77. The number of aryl methyl sites for hydroxylation is 1. The maximum Gasteiger partial charge on any atom is 0.261 e. The van der Waals surface area contributed by atoms with Crippen LogP contribution in [0.15, 0.2) is 93.2 Å². The summed E-state index contributed by atoms with van der Waals surface area (Å²) in [5, 5.41) is 18.7. The van der Waals surface area contributed by atoms with Gasteiger partial charge < -0.3 is 20.0 Å². The van der Waals surface area contributed by atoms with Crippen molar-refractivity contribution in [1.29, 1.82) is 5.26 Å². The van der Waals surface area contributed by atoms with E-state index in [-0.39, 0.29) is 29.2 Å². The number of rotatable bonds is 10. The predicted octanol–water partition coefficient (Wildman–Crippen LogP) is 4.12. The van der Waals surface area contributed by atoms with Gasteiger partial charge in [0.25, 0.3) is 10.0 Å². The fourth-order valence-electron chi connectivity index (χ4n) is 5.19. The van der Waals surface area contributed by atoms with Crippen LogP contribution in [0, 0.1) is 18.4 Å². The van der Waals surface area contributed by atoms with Crippen LogP contribution >= 0.6 is 0 Å². The van der Waals surface area contributed by atoms with Gasteiger partial charge in [0.1, 0.15) is 17.4 Å². The number of hydrogen-bond acceptors (Lipinski definition) is 7. The second kappa shape index (κ2) is 14.6. The molecule has 5 rings (SSSR count). The number of nitrogens with one attached hydrogen (secondary N) is 4. The molecule has 46 heavy (non-hydrogen) atoms. The van der Waals surface area contributed by atoms with Crippen LogP contribution in [0.3, 0.4) is 0 Å². The van der Waals surface area contributed by atoms with Gasteiger partial charge in [0.05, 0.1) is 11.4 Å². The van der Waals surface area contributed by atoms with Crippen molar-refractivity contribution in [3.63, 3.8) is 0 Å². The van der Waals surface area contributed by atoms with Crippen LogP contribution in [0.5, 0.6) is 0 Å². The normalized spacial score (nSPS) is 15.6. The number of nitriles is 1. The maximum absolute atomic E-state index is 13.4. The first kappa shape index (κ1) is 32.1. The number of aliphatic imine (C=N–C) groups is 1. The first-order chi connectivity index (χ1) is 22.2. The Balaban J connectivity index is 1.13. The summed E-state index contributed by atoms with van der Waals surface area (Å²) < 4.78 is 33.3. The number of carbonyl (C=O) groups is 2. The number of nitrogens with zero attached hydrogens (tertiary/aromatic N) is 3. The molecule has 1 saturated heterocycles. The third-order valence-electron chi connectivity index (χ3n) is 7.44. The fourth-order valence-corrected chi connectivity index (χ4v) is 6.27. The first-order valence-corrected chi connectivity index (χ1v) is 16.4. The van der Waals surface area contributed by atoms with E-state index in [2.05, 4.69) is 25.7 Å². The Kier molecular flexibility index (Phi) is 10.2. The van der Waals surface area contributed by atoms with E-state index in [0.29, 0.717) is 37.3 Å². The summed E-state index contributed by atoms with van der Waals surface area (Å²) in [6.45, 7) is 2.54. The minimum absolute atomic E-state index is 0.101. The van der Waals surface area contributed by atoms with Crippen LogP contribution in [0.4, 0.5) is 11.4 Å². The molecule has 0 spiro atoms. The van der Waals surface area contributed by atoms with E-state index in [9.17, 15) is 23.3 Å². The third-order valence-corrected chi connectivity index (χ3v) is 8.84. The molecule has 1 aliphatic heterocycles. The topological polar surface area (TPSA) is 169 Å². The van der Waals surface area contributed by atoms with Crippen LogP contribution < -0.4 is 20.7 Å². The van der Waals surface area contributed by atoms with Crippen molar-refractivity contribution in [1.82, 2.24) is 15.5 Å². The van der Waals surface area contributed by atoms with Crippen LogP contribution in [-0.4, -0.2) is 56.8 Å². The standard InChI is InChI=1S/C33H35N7O5S/c1-23-19-25-20-27(14-15-30(25)45-23)37-33(36-22-34)38-29-9-5-6-18-40(32(29)42)21-31(41)35-17-16-24-10-12-26(13-11-24)39-46(43,44)28-7-3-2-4-8-28/h2-4,7-8,10-15,19-20,29,39H,5-6,9,16-18,21H2,1H3,(H,35,41)(H2,36,37,38). The molecule has 1 unspecified atom stereocenters. The number of carbonyl (C=O) groups excluding carboxylic acids is 2. The zero-order valence-corrected chi connectivity index (χ0v) is 26.1. The molecule has 4 N–H and O–H groups in total. The van der Waals surface area contributed by atoms with E-state index in [4.69, 9.17) is 4.42 Å². The monoisotopic (exact) mass is 641 g/mol. The molecular weight excluding hydrogens is 606 g/mol. The van der Waals surface area contributed by atoms with Crippen molar-refractivity contribution in [2.75, 3.05) is 29.7 Å². The number of fused-ring (bicyclic) bond motifs is 1. The predicted molar refractivity (Wildman–Crippen MR) is 175 cm³/mol. The lowest BCUT2D eigenvalue weighted by Crippen LogP contribution is -2.44. The second-order valence-electron chi connectivity index (χ2n) is 10.9. The zero-order valence-electron chi connectivity index (χ0n) is 25.3. The van der Waals surface area contributed by atoms with Crippen molar-refractivity contribution >= 4 is 50.1 Å². The summed E-state index contributed by atoms with van der Waals surface area (Å²) in [5.74, 6) is 0.361. The van der Waals surface area contributed by atoms with E-state index in [1.165, 1.54) is 17.0 Å². The van der Waals surface area contributed by atoms with E-state index in [1.54, 1.807) is 48.5 Å². The number of anilines is 2. The van der Waals surface area contributed by atoms with Gasteiger partial charge in [-0.3, -0.25) is 19.6 Å². The highest BCUT2D eigenvalue weighted by atomic mass is 32.2. The molecule has 1 atom stereocenters. The molecular formula is C33H35N7O5S. The zero-order chi connectivity index (χ0) is 32.5. The largest absolute Gasteiger partial charge is 0.461 e. The van der Waals surface area contributed by atoms with Crippen molar-refractivity contribution < 1.29 is 22.4 Å². The van der Waals surface area contributed by atoms with Gasteiger partial charge in [0.15, 0.2) is 6.19 Å². The summed E-state index contributed by atoms with van der Waals surface area (Å²) >= 11 is 0. The molecule has 1 fully saturated rings. The van der Waals surface area contributed by atoms with Crippen LogP contribution in [0.2, 0.25) is 0 Å². The summed E-state index contributed by atoms with van der Waals surface area (Å²) in [4.78, 5) is 32.4. The molecule has 1 aromatic heterocycles.